The van der Waals surface area contributed by atoms with Crippen molar-refractivity contribution in [3.63, 3.8) is 0 Å². The van der Waals surface area contributed by atoms with Gasteiger partial charge in [0, 0.05) is 38.0 Å². The van der Waals surface area contributed by atoms with Crippen molar-refractivity contribution in [3.8, 4) is 0 Å². The molecule has 0 heterocycles. The fourth-order valence-electron chi connectivity index (χ4n) is 1.54. The predicted octanol–water partition coefficient (Wildman–Crippen LogP) is 1.14. The number of methoxy groups -OCH3 is 1. The van der Waals surface area contributed by atoms with E-state index in [-0.39, 0.29) is 5.91 Å². The Morgan fingerprint density at radius 1 is 1.39 bits per heavy atom. The van der Waals surface area contributed by atoms with Gasteiger partial charge < -0.3 is 21.1 Å². The van der Waals surface area contributed by atoms with Crippen molar-refractivity contribution >= 4 is 17.3 Å². The molecule has 0 radical (unpaired) electrons. The van der Waals surface area contributed by atoms with Gasteiger partial charge >= 0.3 is 0 Å². The van der Waals surface area contributed by atoms with Gasteiger partial charge in [-0.1, -0.05) is 6.07 Å². The first kappa shape index (κ1) is 14.3. The third kappa shape index (κ3) is 4.63. The van der Waals surface area contributed by atoms with Crippen molar-refractivity contribution in [1.82, 2.24) is 5.32 Å². The Labute approximate surface area is 108 Å². The Balaban J connectivity index is 2.29. The van der Waals surface area contributed by atoms with Crippen molar-refractivity contribution in [3.05, 3.63) is 23.8 Å². The molecule has 18 heavy (non-hydrogen) atoms. The van der Waals surface area contributed by atoms with Crippen LogP contribution in [0.5, 0.6) is 0 Å². The summed E-state index contributed by atoms with van der Waals surface area (Å²) in [6, 6.07) is 5.70. The summed E-state index contributed by atoms with van der Waals surface area (Å²) in [6.45, 7) is 3.62. The van der Waals surface area contributed by atoms with Crippen molar-refractivity contribution in [1.29, 1.82) is 0 Å². The Hall–Kier alpha value is -1.75. The maximum Gasteiger partial charge on any atom is 0.221 e. The summed E-state index contributed by atoms with van der Waals surface area (Å²) < 4.78 is 4.85. The molecule has 0 spiro atoms. The molecule has 0 aliphatic carbocycles. The summed E-state index contributed by atoms with van der Waals surface area (Å²) in [7, 11) is 1.61. The second kappa shape index (κ2) is 7.55. The van der Waals surface area contributed by atoms with E-state index in [0.717, 1.165) is 16.9 Å². The highest BCUT2D eigenvalue weighted by Gasteiger charge is 2.03. The van der Waals surface area contributed by atoms with Crippen LogP contribution < -0.4 is 16.4 Å². The number of carbonyl (C=O) groups is 1. The van der Waals surface area contributed by atoms with E-state index >= 15 is 0 Å². The molecular formula is C13H21N3O2. The molecule has 0 fully saturated rings. The first-order valence-electron chi connectivity index (χ1n) is 5.99. The zero-order chi connectivity index (χ0) is 13.4. The maximum atomic E-state index is 11.4. The lowest BCUT2D eigenvalue weighted by Gasteiger charge is -2.11. The van der Waals surface area contributed by atoms with Crippen LogP contribution in [0, 0.1) is 6.92 Å². The molecule has 4 N–H and O–H groups in total. The van der Waals surface area contributed by atoms with Crippen LogP contribution in [0.4, 0.5) is 11.4 Å². The van der Waals surface area contributed by atoms with Gasteiger partial charge in [0.15, 0.2) is 0 Å². The molecule has 5 heteroatoms. The molecule has 1 aromatic rings. The van der Waals surface area contributed by atoms with E-state index in [9.17, 15) is 4.79 Å². The molecule has 1 amide bonds. The van der Waals surface area contributed by atoms with E-state index in [0.29, 0.717) is 26.1 Å². The molecule has 0 aliphatic heterocycles. The standard InChI is InChI=1S/C13H21N3O2/c1-10-11(14)4-3-5-12(10)15-7-6-13(17)16-8-9-18-2/h3-5,15H,6-9,14H2,1-2H3,(H,16,17). The van der Waals surface area contributed by atoms with Crippen LogP contribution in [0.25, 0.3) is 0 Å². The van der Waals surface area contributed by atoms with Crippen LogP contribution in [-0.2, 0) is 9.53 Å². The summed E-state index contributed by atoms with van der Waals surface area (Å²) in [5, 5.41) is 5.97. The third-order valence-electron chi connectivity index (χ3n) is 2.67. The quantitative estimate of drug-likeness (QED) is 0.502. The van der Waals surface area contributed by atoms with Crippen LogP contribution in [0.2, 0.25) is 0 Å². The smallest absolute Gasteiger partial charge is 0.221 e. The van der Waals surface area contributed by atoms with Crippen molar-refractivity contribution in [2.45, 2.75) is 13.3 Å². The molecule has 0 atom stereocenters. The van der Waals surface area contributed by atoms with Crippen LogP contribution in [0.15, 0.2) is 18.2 Å². The number of nitrogens with two attached hydrogens (primary N) is 1. The van der Waals surface area contributed by atoms with Gasteiger partial charge in [-0.3, -0.25) is 4.79 Å². The first-order valence-corrected chi connectivity index (χ1v) is 5.99. The lowest BCUT2D eigenvalue weighted by atomic mass is 10.1. The number of amides is 1. The summed E-state index contributed by atoms with van der Waals surface area (Å²) in [4.78, 5) is 11.4. The largest absolute Gasteiger partial charge is 0.398 e. The van der Waals surface area contributed by atoms with E-state index < -0.39 is 0 Å². The molecule has 1 aromatic carbocycles. The Kier molecular flexibility index (Phi) is 6.00. The average Bonchev–Trinajstić information content (AvgIpc) is 2.35. The minimum Gasteiger partial charge on any atom is -0.398 e. The Bertz CT molecular complexity index is 394. The van der Waals surface area contributed by atoms with Gasteiger partial charge in [-0.15, -0.1) is 0 Å². The van der Waals surface area contributed by atoms with E-state index in [2.05, 4.69) is 10.6 Å². The lowest BCUT2D eigenvalue weighted by Crippen LogP contribution is -2.28. The van der Waals surface area contributed by atoms with Crippen molar-refractivity contribution in [2.75, 3.05) is 37.9 Å². The molecular weight excluding hydrogens is 230 g/mol. The highest BCUT2D eigenvalue weighted by Crippen LogP contribution is 2.20. The van der Waals surface area contributed by atoms with Crippen molar-refractivity contribution < 1.29 is 9.53 Å². The minimum absolute atomic E-state index is 0.0149. The third-order valence-corrected chi connectivity index (χ3v) is 2.67. The Morgan fingerprint density at radius 2 is 2.17 bits per heavy atom. The molecule has 100 valence electrons. The zero-order valence-electron chi connectivity index (χ0n) is 11.0. The molecule has 0 aromatic heterocycles. The predicted molar refractivity (Wildman–Crippen MR) is 73.6 cm³/mol. The Morgan fingerprint density at radius 3 is 2.89 bits per heavy atom. The van der Waals surface area contributed by atoms with Crippen molar-refractivity contribution in [2.24, 2.45) is 0 Å². The maximum absolute atomic E-state index is 11.4. The normalized spacial score (nSPS) is 10.1. The van der Waals surface area contributed by atoms with Gasteiger partial charge in [-0.25, -0.2) is 0 Å². The second-order valence-corrected chi connectivity index (χ2v) is 4.04. The number of nitrogens with one attached hydrogen (secondary N) is 2. The fraction of sp³-hybridized carbons (Fsp3) is 0.462. The van der Waals surface area contributed by atoms with E-state index in [4.69, 9.17) is 10.5 Å². The van der Waals surface area contributed by atoms with E-state index in [1.165, 1.54) is 0 Å². The molecule has 0 unspecified atom stereocenters. The van der Waals surface area contributed by atoms with Crippen LogP contribution in [0.3, 0.4) is 0 Å². The summed E-state index contributed by atoms with van der Waals surface area (Å²) in [6.07, 6.45) is 0.429. The molecule has 5 nitrogen and oxygen atoms in total. The molecule has 0 bridgehead atoms. The van der Waals surface area contributed by atoms with Crippen LogP contribution >= 0.6 is 0 Å². The van der Waals surface area contributed by atoms with Gasteiger partial charge in [0.25, 0.3) is 0 Å². The van der Waals surface area contributed by atoms with E-state index in [1.54, 1.807) is 7.11 Å². The average molecular weight is 251 g/mol. The number of rotatable bonds is 7. The SMILES string of the molecule is COCCNC(=O)CCNc1cccc(N)c1C. The summed E-state index contributed by atoms with van der Waals surface area (Å²) in [5.41, 5.74) is 8.54. The summed E-state index contributed by atoms with van der Waals surface area (Å²) >= 11 is 0. The molecule has 0 saturated carbocycles. The monoisotopic (exact) mass is 251 g/mol. The minimum atomic E-state index is 0.0149. The zero-order valence-corrected chi connectivity index (χ0v) is 11.0. The van der Waals surface area contributed by atoms with Crippen LogP contribution in [0.1, 0.15) is 12.0 Å². The number of ether oxygens (including phenoxy) is 1. The van der Waals surface area contributed by atoms with Gasteiger partial charge in [0.05, 0.1) is 6.61 Å². The van der Waals surface area contributed by atoms with Gasteiger partial charge in [-0.05, 0) is 24.6 Å². The van der Waals surface area contributed by atoms with Gasteiger partial charge in [0.2, 0.25) is 5.91 Å². The number of carbonyl (C=O) groups excluding carboxylic acids is 1. The highest BCUT2D eigenvalue weighted by atomic mass is 16.5. The fourth-order valence-corrected chi connectivity index (χ4v) is 1.54. The number of hydrogen-bond acceptors (Lipinski definition) is 4. The van der Waals surface area contributed by atoms with Gasteiger partial charge in [0.1, 0.15) is 0 Å². The number of benzene rings is 1. The topological polar surface area (TPSA) is 76.4 Å². The first-order chi connectivity index (χ1) is 8.65. The lowest BCUT2D eigenvalue weighted by molar-refractivity contribution is -0.121. The molecule has 0 saturated heterocycles. The number of nitrogen functional groups attached to an aromatic ring is 1. The molecule has 1 rings (SSSR count). The molecule has 0 aliphatic rings. The number of hydrogen-bond donors (Lipinski definition) is 3. The highest BCUT2D eigenvalue weighted by molar-refractivity contribution is 5.76. The van der Waals surface area contributed by atoms with Gasteiger partial charge in [-0.2, -0.15) is 0 Å². The second-order valence-electron chi connectivity index (χ2n) is 4.04. The van der Waals surface area contributed by atoms with Crippen LogP contribution in [-0.4, -0.2) is 32.7 Å². The number of anilines is 2. The van der Waals surface area contributed by atoms with E-state index in [1.807, 2.05) is 25.1 Å². The summed E-state index contributed by atoms with van der Waals surface area (Å²) in [5.74, 6) is 0.0149.